The minimum absolute atomic E-state index is 0.0465. The molecule has 2 aromatic rings. The molecule has 0 saturated heterocycles. The Kier molecular flexibility index (Phi) is 4.44. The molecule has 0 fully saturated rings. The number of hydrogen-bond donors (Lipinski definition) is 2. The van der Waals surface area contributed by atoms with Crippen LogP contribution in [0, 0.1) is 0 Å². The number of carbonyl (C=O) groups excluding carboxylic acids is 1. The minimum atomic E-state index is -0.0465. The van der Waals surface area contributed by atoms with Crippen LogP contribution in [-0.4, -0.2) is 5.91 Å². The van der Waals surface area contributed by atoms with Crippen molar-refractivity contribution in [3.8, 4) is 0 Å². The van der Waals surface area contributed by atoms with Gasteiger partial charge in [0.25, 0.3) is 5.91 Å². The first-order valence-corrected chi connectivity index (χ1v) is 7.10. The number of nitrogens with one attached hydrogen (secondary N) is 1. The Hall–Kier alpha value is -1.26. The Morgan fingerprint density at radius 2 is 1.83 bits per heavy atom. The van der Waals surface area contributed by atoms with Crippen molar-refractivity contribution in [2.24, 2.45) is 0 Å². The largest absolute Gasteiger partial charge is 0.347 e. The first kappa shape index (κ1) is 13.2. The SMILES string of the molecule is CCc1ccc(CNC(=O)c2ccc(S)cc2)s1. The van der Waals surface area contributed by atoms with Gasteiger partial charge in [0.2, 0.25) is 0 Å². The van der Waals surface area contributed by atoms with Gasteiger partial charge in [-0.1, -0.05) is 6.92 Å². The Labute approximate surface area is 116 Å². The van der Waals surface area contributed by atoms with Gasteiger partial charge in [-0.05, 0) is 42.8 Å². The zero-order valence-electron chi connectivity index (χ0n) is 10.1. The molecule has 0 bridgehead atoms. The maximum absolute atomic E-state index is 11.9. The molecule has 4 heteroatoms. The van der Waals surface area contributed by atoms with Gasteiger partial charge in [-0.3, -0.25) is 4.79 Å². The second-order valence-corrected chi connectivity index (χ2v) is 5.72. The Balaban J connectivity index is 1.93. The summed E-state index contributed by atoms with van der Waals surface area (Å²) in [6.07, 6.45) is 1.04. The fourth-order valence-electron chi connectivity index (χ4n) is 1.59. The standard InChI is InChI=1S/C14H15NOS2/c1-2-12-7-8-13(18-12)9-15-14(16)10-3-5-11(17)6-4-10/h3-8,17H,2,9H2,1H3,(H,15,16). The summed E-state index contributed by atoms with van der Waals surface area (Å²) in [5.74, 6) is -0.0465. The molecule has 0 saturated carbocycles. The monoisotopic (exact) mass is 277 g/mol. The summed E-state index contributed by atoms with van der Waals surface area (Å²) >= 11 is 5.94. The number of thiophene rings is 1. The summed E-state index contributed by atoms with van der Waals surface area (Å²) in [6, 6.07) is 11.4. The van der Waals surface area contributed by atoms with Crippen molar-refractivity contribution in [1.82, 2.24) is 5.32 Å². The number of benzene rings is 1. The highest BCUT2D eigenvalue weighted by molar-refractivity contribution is 7.80. The molecule has 18 heavy (non-hydrogen) atoms. The van der Waals surface area contributed by atoms with Gasteiger partial charge in [0, 0.05) is 20.2 Å². The van der Waals surface area contributed by atoms with Crippen LogP contribution in [0.15, 0.2) is 41.3 Å². The second kappa shape index (κ2) is 6.07. The van der Waals surface area contributed by atoms with Crippen LogP contribution in [0.3, 0.4) is 0 Å². The number of carbonyl (C=O) groups is 1. The van der Waals surface area contributed by atoms with Crippen molar-refractivity contribution in [2.75, 3.05) is 0 Å². The molecule has 0 unspecified atom stereocenters. The number of aryl methyl sites for hydroxylation is 1. The molecule has 1 amide bonds. The zero-order chi connectivity index (χ0) is 13.0. The van der Waals surface area contributed by atoms with Crippen molar-refractivity contribution in [3.63, 3.8) is 0 Å². The van der Waals surface area contributed by atoms with Crippen molar-refractivity contribution in [3.05, 3.63) is 51.7 Å². The molecule has 0 spiro atoms. The average molecular weight is 277 g/mol. The van der Waals surface area contributed by atoms with Crippen LogP contribution in [0.5, 0.6) is 0 Å². The summed E-state index contributed by atoms with van der Waals surface area (Å²) < 4.78 is 0. The van der Waals surface area contributed by atoms with Crippen LogP contribution in [0.1, 0.15) is 27.0 Å². The van der Waals surface area contributed by atoms with Gasteiger partial charge < -0.3 is 5.32 Å². The Morgan fingerprint density at radius 1 is 1.17 bits per heavy atom. The summed E-state index contributed by atoms with van der Waals surface area (Å²) in [7, 11) is 0. The molecule has 0 aliphatic heterocycles. The highest BCUT2D eigenvalue weighted by atomic mass is 32.1. The molecule has 94 valence electrons. The molecule has 2 nitrogen and oxygen atoms in total. The molecule has 1 aromatic carbocycles. The predicted molar refractivity (Wildman–Crippen MR) is 78.6 cm³/mol. The summed E-state index contributed by atoms with van der Waals surface area (Å²) in [5.41, 5.74) is 0.667. The number of amides is 1. The van der Waals surface area contributed by atoms with Crippen molar-refractivity contribution in [1.29, 1.82) is 0 Å². The first-order chi connectivity index (χ1) is 8.69. The van der Waals surface area contributed by atoms with Gasteiger partial charge in [-0.25, -0.2) is 0 Å². The van der Waals surface area contributed by atoms with E-state index < -0.39 is 0 Å². The Bertz CT molecular complexity index is 531. The molecule has 0 aliphatic rings. The van der Waals surface area contributed by atoms with E-state index in [0.717, 1.165) is 11.3 Å². The highest BCUT2D eigenvalue weighted by Crippen LogP contribution is 2.16. The van der Waals surface area contributed by atoms with Gasteiger partial charge in [0.1, 0.15) is 0 Å². The summed E-state index contributed by atoms with van der Waals surface area (Å²) in [6.45, 7) is 2.72. The van der Waals surface area contributed by atoms with E-state index in [4.69, 9.17) is 0 Å². The molecule has 2 rings (SSSR count). The van der Waals surface area contributed by atoms with Gasteiger partial charge in [-0.15, -0.1) is 24.0 Å². The number of thiol groups is 1. The zero-order valence-corrected chi connectivity index (χ0v) is 11.9. The van der Waals surface area contributed by atoms with Crippen LogP contribution in [0.2, 0.25) is 0 Å². The third-order valence-corrected chi connectivity index (χ3v) is 4.15. The molecule has 1 N–H and O–H groups in total. The van der Waals surface area contributed by atoms with E-state index in [0.29, 0.717) is 12.1 Å². The highest BCUT2D eigenvalue weighted by Gasteiger charge is 2.05. The maximum Gasteiger partial charge on any atom is 0.251 e. The molecule has 1 heterocycles. The average Bonchev–Trinajstić information content (AvgIpc) is 2.85. The van der Waals surface area contributed by atoms with Gasteiger partial charge in [0.15, 0.2) is 0 Å². The van der Waals surface area contributed by atoms with Crippen LogP contribution in [0.25, 0.3) is 0 Å². The molecule has 0 radical (unpaired) electrons. The van der Waals surface area contributed by atoms with Gasteiger partial charge in [0.05, 0.1) is 6.54 Å². The quantitative estimate of drug-likeness (QED) is 0.823. The van der Waals surface area contributed by atoms with E-state index in [1.165, 1.54) is 9.75 Å². The molecule has 0 aliphatic carbocycles. The lowest BCUT2D eigenvalue weighted by Crippen LogP contribution is -2.22. The third kappa shape index (κ3) is 3.37. The fourth-order valence-corrected chi connectivity index (χ4v) is 2.64. The van der Waals surface area contributed by atoms with Crippen LogP contribution < -0.4 is 5.32 Å². The van der Waals surface area contributed by atoms with Crippen molar-refractivity contribution >= 4 is 29.9 Å². The van der Waals surface area contributed by atoms with E-state index in [1.807, 2.05) is 12.1 Å². The van der Waals surface area contributed by atoms with E-state index in [9.17, 15) is 4.79 Å². The van der Waals surface area contributed by atoms with E-state index in [-0.39, 0.29) is 5.91 Å². The number of hydrogen-bond acceptors (Lipinski definition) is 3. The normalized spacial score (nSPS) is 10.3. The lowest BCUT2D eigenvalue weighted by atomic mass is 10.2. The maximum atomic E-state index is 11.9. The third-order valence-electron chi connectivity index (χ3n) is 2.62. The lowest BCUT2D eigenvalue weighted by molar-refractivity contribution is 0.0951. The predicted octanol–water partition coefficient (Wildman–Crippen LogP) is 3.53. The minimum Gasteiger partial charge on any atom is -0.347 e. The van der Waals surface area contributed by atoms with Crippen LogP contribution >= 0.6 is 24.0 Å². The Morgan fingerprint density at radius 3 is 2.44 bits per heavy atom. The topological polar surface area (TPSA) is 29.1 Å². The summed E-state index contributed by atoms with van der Waals surface area (Å²) in [5, 5.41) is 2.92. The first-order valence-electron chi connectivity index (χ1n) is 5.84. The van der Waals surface area contributed by atoms with E-state index in [2.05, 4.69) is 37.0 Å². The number of rotatable bonds is 4. The molecule has 1 aromatic heterocycles. The van der Waals surface area contributed by atoms with Gasteiger partial charge >= 0.3 is 0 Å². The van der Waals surface area contributed by atoms with Crippen LogP contribution in [-0.2, 0) is 13.0 Å². The lowest BCUT2D eigenvalue weighted by Gasteiger charge is -2.03. The molecular formula is C14H15NOS2. The van der Waals surface area contributed by atoms with E-state index >= 15 is 0 Å². The van der Waals surface area contributed by atoms with Crippen molar-refractivity contribution in [2.45, 2.75) is 24.8 Å². The molecule has 0 atom stereocenters. The fraction of sp³-hybridized carbons (Fsp3) is 0.214. The van der Waals surface area contributed by atoms with Crippen molar-refractivity contribution < 1.29 is 4.79 Å². The molecular weight excluding hydrogens is 262 g/mol. The second-order valence-electron chi connectivity index (χ2n) is 3.95. The summed E-state index contributed by atoms with van der Waals surface area (Å²) in [4.78, 5) is 15.3. The van der Waals surface area contributed by atoms with E-state index in [1.54, 1.807) is 23.5 Å². The van der Waals surface area contributed by atoms with Gasteiger partial charge in [-0.2, -0.15) is 0 Å². The smallest absolute Gasteiger partial charge is 0.251 e. The van der Waals surface area contributed by atoms with Crippen LogP contribution in [0.4, 0.5) is 0 Å².